The number of hydrogen-bond donors (Lipinski definition) is 2. The number of aryl methyl sites for hydroxylation is 1. The third-order valence-corrected chi connectivity index (χ3v) is 3.60. The number of nitrogens with two attached hydrogens (primary N) is 1. The summed E-state index contributed by atoms with van der Waals surface area (Å²) in [4.78, 5) is 5.26. The third-order valence-electron chi connectivity index (χ3n) is 2.59. The van der Waals surface area contributed by atoms with Gasteiger partial charge in [-0.3, -0.25) is 16.0 Å². The fraction of sp³-hybridized carbons (Fsp3) is 0.400. The van der Waals surface area contributed by atoms with Crippen molar-refractivity contribution < 1.29 is 4.74 Å². The van der Waals surface area contributed by atoms with Crippen LogP contribution in [0.15, 0.2) is 17.8 Å². The molecule has 0 fully saturated rings. The first-order chi connectivity index (χ1) is 8.26. The van der Waals surface area contributed by atoms with Crippen LogP contribution in [0.4, 0.5) is 0 Å². The number of thiophene rings is 1. The van der Waals surface area contributed by atoms with Gasteiger partial charge in [0, 0.05) is 13.5 Å². The summed E-state index contributed by atoms with van der Waals surface area (Å²) in [6.07, 6.45) is 2.21. The van der Waals surface area contributed by atoms with Gasteiger partial charge in [0.1, 0.15) is 17.9 Å². The van der Waals surface area contributed by atoms with Crippen LogP contribution >= 0.6 is 11.3 Å². The van der Waals surface area contributed by atoms with E-state index in [0.717, 1.165) is 16.5 Å². The summed E-state index contributed by atoms with van der Waals surface area (Å²) in [6, 6.07) is 1.91. The van der Waals surface area contributed by atoms with Crippen LogP contribution in [-0.2, 0) is 13.5 Å². The van der Waals surface area contributed by atoms with Crippen LogP contribution < -0.4 is 16.0 Å². The smallest absolute Gasteiger partial charge is 0.138 e. The highest BCUT2D eigenvalue weighted by molar-refractivity contribution is 7.10. The standard InChI is InChI=1S/C10H15N5OS/c1-15-9(12-6-13-15)5-7(14-11)10-8(16-2)3-4-17-10/h3-4,6-7,14H,5,11H2,1-2H3. The molecule has 7 heteroatoms. The molecule has 0 radical (unpaired) electrons. The molecule has 6 nitrogen and oxygen atoms in total. The van der Waals surface area contributed by atoms with Gasteiger partial charge in [0.05, 0.1) is 18.0 Å². The quantitative estimate of drug-likeness (QED) is 0.603. The Hall–Kier alpha value is -1.44. The summed E-state index contributed by atoms with van der Waals surface area (Å²) < 4.78 is 7.03. The maximum Gasteiger partial charge on any atom is 0.138 e. The Bertz CT molecular complexity index is 481. The maximum absolute atomic E-state index is 5.60. The van der Waals surface area contributed by atoms with E-state index in [4.69, 9.17) is 10.6 Å². The summed E-state index contributed by atoms with van der Waals surface area (Å²) in [5.74, 6) is 7.32. The van der Waals surface area contributed by atoms with Gasteiger partial charge in [0.2, 0.25) is 0 Å². The minimum atomic E-state index is -0.0205. The van der Waals surface area contributed by atoms with Gasteiger partial charge in [0.15, 0.2) is 0 Å². The van der Waals surface area contributed by atoms with Crippen molar-refractivity contribution >= 4 is 11.3 Å². The van der Waals surface area contributed by atoms with Gasteiger partial charge in [-0.15, -0.1) is 11.3 Å². The molecule has 2 aromatic heterocycles. The summed E-state index contributed by atoms with van der Waals surface area (Å²) in [5, 5.41) is 6.02. The first-order valence-electron chi connectivity index (χ1n) is 5.16. The van der Waals surface area contributed by atoms with Crippen LogP contribution in [0.1, 0.15) is 16.7 Å². The molecule has 0 amide bonds. The van der Waals surface area contributed by atoms with E-state index in [1.807, 2.05) is 18.5 Å². The summed E-state index contributed by atoms with van der Waals surface area (Å²) in [6.45, 7) is 0. The molecule has 2 heterocycles. The fourth-order valence-electron chi connectivity index (χ4n) is 1.65. The highest BCUT2D eigenvalue weighted by atomic mass is 32.1. The summed E-state index contributed by atoms with van der Waals surface area (Å²) in [7, 11) is 3.52. The zero-order chi connectivity index (χ0) is 12.3. The van der Waals surface area contributed by atoms with Crippen molar-refractivity contribution in [1.82, 2.24) is 20.2 Å². The van der Waals surface area contributed by atoms with Gasteiger partial charge in [-0.2, -0.15) is 5.10 Å². The van der Waals surface area contributed by atoms with Gasteiger partial charge in [-0.05, 0) is 11.4 Å². The Morgan fingerprint density at radius 1 is 1.65 bits per heavy atom. The second-order valence-electron chi connectivity index (χ2n) is 3.58. The Morgan fingerprint density at radius 3 is 3.06 bits per heavy atom. The number of hydrazine groups is 1. The summed E-state index contributed by atoms with van der Waals surface area (Å²) >= 11 is 1.61. The molecule has 92 valence electrons. The molecule has 2 aromatic rings. The number of aromatic nitrogens is 3. The first-order valence-corrected chi connectivity index (χ1v) is 6.04. The number of hydrogen-bond acceptors (Lipinski definition) is 6. The molecule has 1 atom stereocenters. The lowest BCUT2D eigenvalue weighted by molar-refractivity contribution is 0.402. The molecule has 0 saturated heterocycles. The predicted molar refractivity (Wildman–Crippen MR) is 65.6 cm³/mol. The Morgan fingerprint density at radius 2 is 2.47 bits per heavy atom. The highest BCUT2D eigenvalue weighted by Gasteiger charge is 2.18. The molecule has 17 heavy (non-hydrogen) atoms. The van der Waals surface area contributed by atoms with Crippen molar-refractivity contribution in [2.45, 2.75) is 12.5 Å². The predicted octanol–water partition coefficient (Wildman–Crippen LogP) is 0.632. The van der Waals surface area contributed by atoms with Gasteiger partial charge in [-0.1, -0.05) is 0 Å². The van der Waals surface area contributed by atoms with Crippen LogP contribution in [0.25, 0.3) is 0 Å². The van der Waals surface area contributed by atoms with Gasteiger partial charge < -0.3 is 4.74 Å². The van der Waals surface area contributed by atoms with Crippen LogP contribution in [0.5, 0.6) is 5.75 Å². The molecule has 0 aromatic carbocycles. The zero-order valence-electron chi connectivity index (χ0n) is 9.75. The lowest BCUT2D eigenvalue weighted by Crippen LogP contribution is -2.30. The number of rotatable bonds is 5. The van der Waals surface area contributed by atoms with Crippen LogP contribution in [-0.4, -0.2) is 21.9 Å². The van der Waals surface area contributed by atoms with Crippen molar-refractivity contribution in [2.24, 2.45) is 12.9 Å². The molecule has 0 bridgehead atoms. The first kappa shape index (κ1) is 12.0. The van der Waals surface area contributed by atoms with Gasteiger partial charge >= 0.3 is 0 Å². The molecule has 0 aliphatic heterocycles. The molecule has 2 rings (SSSR count). The van der Waals surface area contributed by atoms with Crippen molar-refractivity contribution in [2.75, 3.05) is 7.11 Å². The van der Waals surface area contributed by atoms with E-state index in [1.165, 1.54) is 6.33 Å². The van der Waals surface area contributed by atoms with Crippen LogP contribution in [0.2, 0.25) is 0 Å². The van der Waals surface area contributed by atoms with E-state index in [9.17, 15) is 0 Å². The average molecular weight is 253 g/mol. The molecule has 0 aliphatic carbocycles. The largest absolute Gasteiger partial charge is 0.496 e. The highest BCUT2D eigenvalue weighted by Crippen LogP contribution is 2.31. The maximum atomic E-state index is 5.60. The fourth-order valence-corrected chi connectivity index (χ4v) is 2.57. The van der Waals surface area contributed by atoms with Gasteiger partial charge in [0.25, 0.3) is 0 Å². The monoisotopic (exact) mass is 253 g/mol. The minimum Gasteiger partial charge on any atom is -0.496 e. The van der Waals surface area contributed by atoms with Crippen molar-refractivity contribution in [3.63, 3.8) is 0 Å². The van der Waals surface area contributed by atoms with Gasteiger partial charge in [-0.25, -0.2) is 4.98 Å². The molecule has 0 aliphatic rings. The van der Waals surface area contributed by atoms with E-state index in [2.05, 4.69) is 15.5 Å². The van der Waals surface area contributed by atoms with Crippen LogP contribution in [0.3, 0.4) is 0 Å². The van der Waals surface area contributed by atoms with Crippen molar-refractivity contribution in [3.05, 3.63) is 28.5 Å². The zero-order valence-corrected chi connectivity index (χ0v) is 10.6. The third kappa shape index (κ3) is 2.46. The Kier molecular flexibility index (Phi) is 3.72. The Labute approximate surface area is 103 Å². The van der Waals surface area contributed by atoms with E-state index in [0.29, 0.717) is 6.42 Å². The topological polar surface area (TPSA) is 78.0 Å². The number of ether oxygens (including phenoxy) is 1. The normalized spacial score (nSPS) is 12.6. The molecular weight excluding hydrogens is 238 g/mol. The lowest BCUT2D eigenvalue weighted by Gasteiger charge is -2.15. The molecule has 0 saturated carbocycles. The average Bonchev–Trinajstić information content (AvgIpc) is 2.95. The van der Waals surface area contributed by atoms with Crippen LogP contribution in [0, 0.1) is 0 Å². The van der Waals surface area contributed by atoms with Crippen molar-refractivity contribution in [1.29, 1.82) is 0 Å². The van der Waals surface area contributed by atoms with E-state index >= 15 is 0 Å². The van der Waals surface area contributed by atoms with Crippen molar-refractivity contribution in [3.8, 4) is 5.75 Å². The molecule has 0 spiro atoms. The SMILES string of the molecule is COc1ccsc1C(Cc1ncnn1C)NN. The number of nitrogens with zero attached hydrogens (tertiary/aromatic N) is 3. The molecular formula is C10H15N5OS. The lowest BCUT2D eigenvalue weighted by atomic mass is 10.1. The second-order valence-corrected chi connectivity index (χ2v) is 4.52. The summed E-state index contributed by atoms with van der Waals surface area (Å²) in [5.41, 5.74) is 2.79. The van der Waals surface area contributed by atoms with E-state index in [-0.39, 0.29) is 6.04 Å². The minimum absolute atomic E-state index is 0.0205. The Balaban J connectivity index is 2.20. The molecule has 1 unspecified atom stereocenters. The molecule has 3 N–H and O–H groups in total. The number of methoxy groups -OCH3 is 1. The van der Waals surface area contributed by atoms with E-state index < -0.39 is 0 Å². The van der Waals surface area contributed by atoms with E-state index in [1.54, 1.807) is 23.1 Å². The second kappa shape index (κ2) is 5.26. The number of nitrogens with one attached hydrogen (secondary N) is 1.